The van der Waals surface area contributed by atoms with Crippen molar-refractivity contribution >= 4 is 16.8 Å². The van der Waals surface area contributed by atoms with Gasteiger partial charge in [-0.2, -0.15) is 0 Å². The summed E-state index contributed by atoms with van der Waals surface area (Å²) in [6.07, 6.45) is 4.76. The van der Waals surface area contributed by atoms with Crippen LogP contribution in [-0.4, -0.2) is 0 Å². The Kier molecular flexibility index (Phi) is 1.88. The third kappa shape index (κ3) is 1.37. The predicted molar refractivity (Wildman–Crippen MR) is 65.9 cm³/mol. The quantitative estimate of drug-likeness (QED) is 0.590. The first-order valence-corrected chi connectivity index (χ1v) is 5.52. The number of hydrogen-bond donors (Lipinski definition) is 0. The van der Waals surface area contributed by atoms with Gasteiger partial charge >= 0.3 is 0 Å². The van der Waals surface area contributed by atoms with E-state index in [1.165, 1.54) is 40.3 Å². The number of rotatable bonds is 0. The largest absolute Gasteiger partial charge is 0.0724 e. The minimum Gasteiger partial charge on any atom is -0.0724 e. The standard InChI is InChI=1S/C15H14/c1-11-6-7-13-9-8-12-4-2-3-5-14(12)15(13)10-11/h2-5,8-10H,6-7H2,1H3. The molecular formula is C15H14. The second-order valence-electron chi connectivity index (χ2n) is 4.35. The molecule has 0 bridgehead atoms. The van der Waals surface area contributed by atoms with Crippen molar-refractivity contribution in [3.05, 3.63) is 53.1 Å². The second-order valence-corrected chi connectivity index (χ2v) is 4.35. The van der Waals surface area contributed by atoms with Gasteiger partial charge < -0.3 is 0 Å². The molecule has 0 aromatic heterocycles. The topological polar surface area (TPSA) is 0 Å². The summed E-state index contributed by atoms with van der Waals surface area (Å²) < 4.78 is 0. The molecule has 0 nitrogen and oxygen atoms in total. The lowest BCUT2D eigenvalue weighted by Gasteiger charge is -2.16. The monoisotopic (exact) mass is 194 g/mol. The molecular weight excluding hydrogens is 180 g/mol. The van der Waals surface area contributed by atoms with Gasteiger partial charge in [-0.05, 0) is 41.7 Å². The Labute approximate surface area is 90.2 Å². The van der Waals surface area contributed by atoms with Gasteiger partial charge in [0.2, 0.25) is 0 Å². The van der Waals surface area contributed by atoms with Gasteiger partial charge in [-0.1, -0.05) is 48.0 Å². The highest BCUT2D eigenvalue weighted by Gasteiger charge is 2.10. The van der Waals surface area contributed by atoms with Crippen LogP contribution in [0, 0.1) is 0 Å². The minimum atomic E-state index is 1.20. The molecule has 0 spiro atoms. The van der Waals surface area contributed by atoms with Crippen molar-refractivity contribution in [1.82, 2.24) is 0 Å². The van der Waals surface area contributed by atoms with Crippen molar-refractivity contribution in [2.24, 2.45) is 0 Å². The lowest BCUT2D eigenvalue weighted by Crippen LogP contribution is -1.97. The van der Waals surface area contributed by atoms with Gasteiger partial charge in [-0.3, -0.25) is 0 Å². The van der Waals surface area contributed by atoms with Crippen LogP contribution in [-0.2, 0) is 6.42 Å². The molecule has 0 saturated heterocycles. The van der Waals surface area contributed by atoms with E-state index in [4.69, 9.17) is 0 Å². The molecule has 0 heteroatoms. The first-order chi connectivity index (χ1) is 7.34. The van der Waals surface area contributed by atoms with Crippen LogP contribution in [0.2, 0.25) is 0 Å². The van der Waals surface area contributed by atoms with E-state index in [0.29, 0.717) is 0 Å². The smallest absolute Gasteiger partial charge is 0.0109 e. The molecule has 1 aliphatic rings. The van der Waals surface area contributed by atoms with Crippen LogP contribution >= 0.6 is 0 Å². The van der Waals surface area contributed by atoms with Crippen LogP contribution in [0.3, 0.4) is 0 Å². The maximum atomic E-state index is 2.35. The van der Waals surface area contributed by atoms with Gasteiger partial charge in [0.1, 0.15) is 0 Å². The summed E-state index contributed by atoms with van der Waals surface area (Å²) >= 11 is 0. The number of aryl methyl sites for hydroxylation is 1. The van der Waals surface area contributed by atoms with Crippen molar-refractivity contribution in [3.8, 4) is 0 Å². The van der Waals surface area contributed by atoms with Gasteiger partial charge in [-0.25, -0.2) is 0 Å². The number of benzene rings is 2. The predicted octanol–water partition coefficient (Wildman–Crippen LogP) is 4.19. The van der Waals surface area contributed by atoms with Crippen LogP contribution in [0.4, 0.5) is 0 Å². The van der Waals surface area contributed by atoms with Gasteiger partial charge in [0.25, 0.3) is 0 Å². The molecule has 74 valence electrons. The van der Waals surface area contributed by atoms with E-state index >= 15 is 0 Å². The average molecular weight is 194 g/mol. The molecule has 1 aliphatic carbocycles. The molecule has 0 fully saturated rings. The van der Waals surface area contributed by atoms with E-state index in [1.807, 2.05) is 0 Å². The highest BCUT2D eigenvalue weighted by Crippen LogP contribution is 2.30. The second kappa shape index (κ2) is 3.23. The molecule has 2 aromatic rings. The average Bonchev–Trinajstić information content (AvgIpc) is 2.29. The molecule has 0 unspecified atom stereocenters. The third-order valence-corrected chi connectivity index (χ3v) is 3.24. The summed E-state index contributed by atoms with van der Waals surface area (Å²) in [5.41, 5.74) is 4.44. The van der Waals surface area contributed by atoms with Crippen molar-refractivity contribution < 1.29 is 0 Å². The number of fused-ring (bicyclic) bond motifs is 3. The Morgan fingerprint density at radius 1 is 0.933 bits per heavy atom. The van der Waals surface area contributed by atoms with Gasteiger partial charge in [0.05, 0.1) is 0 Å². The van der Waals surface area contributed by atoms with Crippen LogP contribution in [0.25, 0.3) is 16.8 Å². The van der Waals surface area contributed by atoms with Gasteiger partial charge in [0, 0.05) is 0 Å². The van der Waals surface area contributed by atoms with Gasteiger partial charge in [-0.15, -0.1) is 0 Å². The van der Waals surface area contributed by atoms with Gasteiger partial charge in [0.15, 0.2) is 0 Å². The lowest BCUT2D eigenvalue weighted by molar-refractivity contribution is 0.931. The van der Waals surface area contributed by atoms with E-state index in [9.17, 15) is 0 Å². The number of hydrogen-bond acceptors (Lipinski definition) is 0. The Bertz CT molecular complexity index is 547. The minimum absolute atomic E-state index is 1.20. The molecule has 2 aromatic carbocycles. The summed E-state index contributed by atoms with van der Waals surface area (Å²) in [5.74, 6) is 0. The summed E-state index contributed by atoms with van der Waals surface area (Å²) in [6.45, 7) is 2.23. The molecule has 0 heterocycles. The molecule has 0 amide bonds. The third-order valence-electron chi connectivity index (χ3n) is 3.24. The Hall–Kier alpha value is -1.56. The highest BCUT2D eigenvalue weighted by molar-refractivity contribution is 5.92. The normalized spacial score (nSPS) is 14.9. The van der Waals surface area contributed by atoms with E-state index in [0.717, 1.165) is 0 Å². The molecule has 0 atom stereocenters. The Balaban J connectivity index is 2.39. The molecule has 0 radical (unpaired) electrons. The van der Waals surface area contributed by atoms with Crippen molar-refractivity contribution in [2.45, 2.75) is 19.8 Å². The SMILES string of the molecule is CC1=Cc2c(ccc3ccccc23)CC1. The van der Waals surface area contributed by atoms with E-state index in [-0.39, 0.29) is 0 Å². The Morgan fingerprint density at radius 3 is 2.73 bits per heavy atom. The number of allylic oxidation sites excluding steroid dienone is 1. The van der Waals surface area contributed by atoms with E-state index in [2.05, 4.69) is 49.4 Å². The van der Waals surface area contributed by atoms with Crippen molar-refractivity contribution in [2.75, 3.05) is 0 Å². The van der Waals surface area contributed by atoms with Crippen LogP contribution in [0.5, 0.6) is 0 Å². The van der Waals surface area contributed by atoms with Crippen molar-refractivity contribution in [3.63, 3.8) is 0 Å². The summed E-state index contributed by atoms with van der Waals surface area (Å²) in [4.78, 5) is 0. The zero-order chi connectivity index (χ0) is 10.3. The zero-order valence-corrected chi connectivity index (χ0v) is 8.96. The Morgan fingerprint density at radius 2 is 1.80 bits per heavy atom. The van der Waals surface area contributed by atoms with E-state index < -0.39 is 0 Å². The summed E-state index contributed by atoms with van der Waals surface area (Å²) in [5, 5.41) is 2.75. The molecule has 15 heavy (non-hydrogen) atoms. The maximum absolute atomic E-state index is 2.35. The lowest BCUT2D eigenvalue weighted by atomic mass is 9.89. The fourth-order valence-electron chi connectivity index (χ4n) is 2.38. The molecule has 0 aliphatic heterocycles. The first-order valence-electron chi connectivity index (χ1n) is 5.52. The fourth-order valence-corrected chi connectivity index (χ4v) is 2.38. The fraction of sp³-hybridized carbons (Fsp3) is 0.200. The summed E-state index contributed by atoms with van der Waals surface area (Å²) in [7, 11) is 0. The molecule has 0 N–H and O–H groups in total. The van der Waals surface area contributed by atoms with Crippen LogP contribution in [0.1, 0.15) is 24.5 Å². The first kappa shape index (κ1) is 8.72. The molecule has 3 rings (SSSR count). The molecule has 0 saturated carbocycles. The zero-order valence-electron chi connectivity index (χ0n) is 8.96. The maximum Gasteiger partial charge on any atom is -0.0109 e. The van der Waals surface area contributed by atoms with Crippen LogP contribution < -0.4 is 0 Å². The summed E-state index contributed by atoms with van der Waals surface area (Å²) in [6, 6.07) is 13.2. The van der Waals surface area contributed by atoms with Crippen LogP contribution in [0.15, 0.2) is 42.0 Å². The van der Waals surface area contributed by atoms with E-state index in [1.54, 1.807) is 0 Å². The van der Waals surface area contributed by atoms with Crippen molar-refractivity contribution in [1.29, 1.82) is 0 Å². The highest BCUT2D eigenvalue weighted by atomic mass is 14.1.